The number of nitrogens with one attached hydrogen (secondary N) is 1. The molecule has 8 nitrogen and oxygen atoms in total. The van der Waals surface area contributed by atoms with Gasteiger partial charge in [0.1, 0.15) is 6.04 Å². The van der Waals surface area contributed by atoms with Gasteiger partial charge in [0.25, 0.3) is 0 Å². The maximum atomic E-state index is 13.3. The highest BCUT2D eigenvalue weighted by molar-refractivity contribution is 7.90. The van der Waals surface area contributed by atoms with E-state index in [9.17, 15) is 31.2 Å². The number of carbonyl (C=O) groups is 2. The summed E-state index contributed by atoms with van der Waals surface area (Å²) in [5, 5.41) is 0.639. The van der Waals surface area contributed by atoms with Crippen LogP contribution in [0.3, 0.4) is 0 Å². The van der Waals surface area contributed by atoms with Crippen molar-refractivity contribution < 1.29 is 35.9 Å². The van der Waals surface area contributed by atoms with Crippen LogP contribution >= 0.6 is 0 Å². The zero-order chi connectivity index (χ0) is 32.2. The molecule has 13 heteroatoms. The van der Waals surface area contributed by atoms with E-state index in [2.05, 4.69) is 45.8 Å². The van der Waals surface area contributed by atoms with Gasteiger partial charge in [0.2, 0.25) is 5.91 Å². The normalized spacial score (nSPS) is 14.0. The van der Waals surface area contributed by atoms with Crippen molar-refractivity contribution in [1.82, 2.24) is 13.9 Å². The first-order valence-corrected chi connectivity index (χ1v) is 17.8. The summed E-state index contributed by atoms with van der Waals surface area (Å²) in [4.78, 5) is 27.1. The van der Waals surface area contributed by atoms with Crippen LogP contribution in [0.1, 0.15) is 66.5 Å². The molecule has 0 aliphatic rings. The fraction of sp³-hybridized carbons (Fsp3) is 0.586. The zero-order valence-electron chi connectivity index (χ0n) is 25.9. The number of likely N-dealkylation sites (N-methyl/N-ethyl adjacent to an activating group) is 1. The quantitative estimate of drug-likeness (QED) is 0.164. The molecule has 236 valence electrons. The lowest BCUT2D eigenvalue weighted by Crippen LogP contribution is -2.51. The number of nitrogens with zero attached hydrogens (tertiary/aromatic N) is 2. The topological polar surface area (TPSA) is 97.7 Å². The monoisotopic (exact) mass is 631 g/mol. The van der Waals surface area contributed by atoms with Crippen molar-refractivity contribution in [3.63, 3.8) is 0 Å². The van der Waals surface area contributed by atoms with Gasteiger partial charge in [0.05, 0.1) is 7.11 Å². The number of alkyl halides is 3. The highest BCUT2D eigenvalue weighted by Gasteiger charge is 2.49. The molecule has 0 unspecified atom stereocenters. The number of methoxy groups -OCH3 is 1. The van der Waals surface area contributed by atoms with Crippen molar-refractivity contribution in [2.24, 2.45) is 0 Å². The van der Waals surface area contributed by atoms with Gasteiger partial charge in [-0.25, -0.2) is 8.42 Å². The molecule has 1 aromatic carbocycles. The molecule has 1 N–H and O–H groups in total. The van der Waals surface area contributed by atoms with Crippen LogP contribution in [0.5, 0.6) is 0 Å². The van der Waals surface area contributed by atoms with E-state index in [1.807, 2.05) is 32.2 Å². The third-order valence-electron chi connectivity index (χ3n) is 8.12. The minimum Gasteiger partial charge on any atom is -0.468 e. The Balaban J connectivity index is 2.93. The van der Waals surface area contributed by atoms with Crippen LogP contribution in [0.25, 0.3) is 17.0 Å². The van der Waals surface area contributed by atoms with E-state index in [-0.39, 0.29) is 29.0 Å². The molecule has 1 amide bonds. The Labute approximate surface area is 248 Å². The van der Waals surface area contributed by atoms with Crippen LogP contribution in [-0.4, -0.2) is 69.4 Å². The number of fused-ring (bicyclic) bond motifs is 1. The van der Waals surface area contributed by atoms with Crippen LogP contribution in [0, 0.1) is 0 Å². The predicted molar refractivity (Wildman–Crippen MR) is 163 cm³/mol. The SMILES string of the molecule is CCN(CC)C(=O)/C=C/c1cccc2c1c(C[C@H](NS(=O)(=O)C(F)(F)F)C(=O)OC)cn2[Si](C(C)C)(C(C)C)C(C)C. The molecule has 0 radical (unpaired) electrons. The predicted octanol–water partition coefficient (Wildman–Crippen LogP) is 6.07. The second-order valence-corrected chi connectivity index (χ2v) is 18.7. The highest BCUT2D eigenvalue weighted by Crippen LogP contribution is 2.45. The molecule has 1 atom stereocenters. The minimum absolute atomic E-state index is 0.196. The number of ether oxygens (including phenoxy) is 1. The third kappa shape index (κ3) is 6.94. The molecular weight excluding hydrogens is 587 g/mol. The van der Waals surface area contributed by atoms with E-state index in [4.69, 9.17) is 4.74 Å². The Morgan fingerprint density at radius 3 is 2.05 bits per heavy atom. The highest BCUT2D eigenvalue weighted by atomic mass is 32.2. The molecule has 42 heavy (non-hydrogen) atoms. The van der Waals surface area contributed by atoms with Gasteiger partial charge in [0, 0.05) is 36.5 Å². The Morgan fingerprint density at radius 2 is 1.60 bits per heavy atom. The number of sulfonamides is 1. The number of halogens is 3. The van der Waals surface area contributed by atoms with E-state index in [1.54, 1.807) is 17.0 Å². The maximum Gasteiger partial charge on any atom is 0.511 e. The smallest absolute Gasteiger partial charge is 0.468 e. The average Bonchev–Trinajstić information content (AvgIpc) is 3.25. The van der Waals surface area contributed by atoms with Gasteiger partial charge >= 0.3 is 21.5 Å². The largest absolute Gasteiger partial charge is 0.511 e. The van der Waals surface area contributed by atoms with Gasteiger partial charge in [0.15, 0.2) is 8.24 Å². The Kier molecular flexibility index (Phi) is 11.7. The number of carbonyl (C=O) groups excluding carboxylic acids is 2. The summed E-state index contributed by atoms with van der Waals surface area (Å²) in [5.41, 5.74) is -2.94. The molecule has 0 aliphatic heterocycles. The summed E-state index contributed by atoms with van der Waals surface area (Å²) in [6.45, 7) is 17.8. The number of hydrogen-bond acceptors (Lipinski definition) is 5. The summed E-state index contributed by atoms with van der Waals surface area (Å²) in [6.07, 6.45) is 4.58. The zero-order valence-corrected chi connectivity index (χ0v) is 27.7. The van der Waals surface area contributed by atoms with Crippen molar-refractivity contribution in [2.75, 3.05) is 20.2 Å². The number of esters is 1. The molecule has 2 rings (SSSR count). The Bertz CT molecular complexity index is 1380. The van der Waals surface area contributed by atoms with Crippen molar-refractivity contribution in [3.05, 3.63) is 41.6 Å². The van der Waals surface area contributed by atoms with Crippen molar-refractivity contribution in [2.45, 2.75) is 90.0 Å². The fourth-order valence-corrected chi connectivity index (χ4v) is 13.8. The summed E-state index contributed by atoms with van der Waals surface area (Å²) in [6, 6.07) is 3.74. The van der Waals surface area contributed by atoms with Gasteiger partial charge < -0.3 is 13.9 Å². The third-order valence-corrected chi connectivity index (χ3v) is 16.1. The second-order valence-electron chi connectivity index (χ2n) is 11.3. The van der Waals surface area contributed by atoms with E-state index in [0.29, 0.717) is 29.6 Å². The Hall–Kier alpha value is -2.64. The summed E-state index contributed by atoms with van der Waals surface area (Å²) >= 11 is 0. The van der Waals surface area contributed by atoms with Crippen molar-refractivity contribution in [3.8, 4) is 0 Å². The lowest BCUT2D eigenvalue weighted by Gasteiger charge is -2.44. The van der Waals surface area contributed by atoms with E-state index < -0.39 is 35.8 Å². The standard InChI is InChI=1S/C29H44F3N3O5SSi/c1-10-34(11-2)26(36)16-15-22-13-12-14-25-27(22)23(18-35(25)42(19(3)4,20(5)6)21(7)8)17-24(28(37)40-9)33-41(38,39)29(30,31)32/h12-16,18-21,24,33H,10-11,17H2,1-9H3/b16-15+/t24-/m0/s1. The van der Waals surface area contributed by atoms with Gasteiger partial charge in [-0.3, -0.25) is 9.59 Å². The molecule has 0 saturated carbocycles. The average molecular weight is 632 g/mol. The minimum atomic E-state index is -5.85. The molecule has 1 aromatic heterocycles. The molecule has 0 aliphatic carbocycles. The number of hydrogen-bond donors (Lipinski definition) is 1. The van der Waals surface area contributed by atoms with Crippen LogP contribution < -0.4 is 4.72 Å². The number of benzene rings is 1. The maximum absolute atomic E-state index is 13.3. The van der Waals surface area contributed by atoms with Gasteiger partial charge in [-0.2, -0.15) is 17.9 Å². The fourth-order valence-electron chi connectivity index (χ4n) is 6.44. The van der Waals surface area contributed by atoms with Crippen LogP contribution in [0.15, 0.2) is 30.5 Å². The van der Waals surface area contributed by atoms with E-state index in [0.717, 1.165) is 12.6 Å². The molecule has 0 fully saturated rings. The lowest BCUT2D eigenvalue weighted by atomic mass is 10.0. The molecule has 1 heterocycles. The number of amides is 1. The van der Waals surface area contributed by atoms with Gasteiger partial charge in [-0.05, 0) is 59.9 Å². The molecule has 0 spiro atoms. The molecule has 0 saturated heterocycles. The van der Waals surface area contributed by atoms with Gasteiger partial charge in [-0.15, -0.1) is 0 Å². The first-order chi connectivity index (χ1) is 19.4. The van der Waals surface area contributed by atoms with Crippen LogP contribution in [0.2, 0.25) is 16.6 Å². The molecular formula is C29H44F3N3O5SSi. The first kappa shape index (κ1) is 35.6. The van der Waals surface area contributed by atoms with E-state index >= 15 is 0 Å². The molecule has 2 aromatic rings. The Morgan fingerprint density at radius 1 is 1.05 bits per heavy atom. The summed E-state index contributed by atoms with van der Waals surface area (Å²) in [5.74, 6) is -1.34. The van der Waals surface area contributed by atoms with Gasteiger partial charge in [-0.1, -0.05) is 53.7 Å². The van der Waals surface area contributed by atoms with Crippen molar-refractivity contribution >= 4 is 47.1 Å². The van der Waals surface area contributed by atoms with Crippen LogP contribution in [0.4, 0.5) is 13.2 Å². The van der Waals surface area contributed by atoms with Crippen molar-refractivity contribution in [1.29, 1.82) is 0 Å². The first-order valence-electron chi connectivity index (χ1n) is 14.2. The summed E-state index contributed by atoms with van der Waals surface area (Å²) in [7, 11) is -7.28. The number of rotatable bonds is 13. The summed E-state index contributed by atoms with van der Waals surface area (Å²) < 4.78 is 72.4. The van der Waals surface area contributed by atoms with E-state index in [1.165, 1.54) is 10.8 Å². The van der Waals surface area contributed by atoms with Crippen LogP contribution in [-0.2, 0) is 30.8 Å². The molecule has 0 bridgehead atoms. The lowest BCUT2D eigenvalue weighted by molar-refractivity contribution is -0.142. The number of aromatic nitrogens is 1. The second kappa shape index (κ2) is 13.8.